The average molecular weight is 209 g/mol. The Balaban J connectivity index is 3.52. The van der Waals surface area contributed by atoms with Crippen molar-refractivity contribution >= 4 is 19.7 Å². The van der Waals surface area contributed by atoms with E-state index in [4.69, 9.17) is 11.6 Å². The summed E-state index contributed by atoms with van der Waals surface area (Å²) in [6, 6.07) is 1.15. The fourth-order valence-corrected chi connectivity index (χ4v) is 2.75. The third-order valence-corrected chi connectivity index (χ3v) is 6.67. The number of rotatable bonds is 6. The molecule has 1 atom stereocenters. The van der Waals surface area contributed by atoms with E-state index in [2.05, 4.69) is 20.0 Å². The van der Waals surface area contributed by atoms with Crippen LogP contribution in [0.1, 0.15) is 26.2 Å². The van der Waals surface area contributed by atoms with Gasteiger partial charge in [-0.1, -0.05) is 32.5 Å². The Labute approximate surface area is 82.1 Å². The molecule has 0 fully saturated rings. The van der Waals surface area contributed by atoms with Crippen LogP contribution in [0.4, 0.5) is 0 Å². The Bertz CT molecular complexity index is 117. The molecule has 1 nitrogen and oxygen atoms in total. The third-order valence-electron chi connectivity index (χ3n) is 2.14. The molecule has 0 aromatic carbocycles. The molecule has 0 bridgehead atoms. The molecule has 0 spiro atoms. The Morgan fingerprint density at radius 2 is 1.92 bits per heavy atom. The first-order valence-electron chi connectivity index (χ1n) is 4.76. The fourth-order valence-electron chi connectivity index (χ4n) is 1.10. The number of aliphatic hydroxyl groups excluding tert-OH is 1. The van der Waals surface area contributed by atoms with E-state index < -0.39 is 8.07 Å². The minimum Gasteiger partial charge on any atom is -0.393 e. The van der Waals surface area contributed by atoms with Gasteiger partial charge in [0.25, 0.3) is 0 Å². The van der Waals surface area contributed by atoms with Crippen LogP contribution in [0.3, 0.4) is 0 Å². The van der Waals surface area contributed by atoms with Crippen molar-refractivity contribution in [3.05, 3.63) is 0 Å². The zero-order valence-corrected chi connectivity index (χ0v) is 10.2. The molecule has 0 aliphatic carbocycles. The summed E-state index contributed by atoms with van der Waals surface area (Å²) in [4.78, 5) is 0. The Kier molecular flexibility index (Phi) is 6.24. The molecule has 0 aromatic rings. The van der Waals surface area contributed by atoms with Crippen LogP contribution in [-0.4, -0.2) is 24.8 Å². The van der Waals surface area contributed by atoms with Gasteiger partial charge in [-0.3, -0.25) is 0 Å². The Hall–Kier alpha value is 0.467. The van der Waals surface area contributed by atoms with Gasteiger partial charge in [-0.25, -0.2) is 0 Å². The van der Waals surface area contributed by atoms with Crippen molar-refractivity contribution in [1.82, 2.24) is 0 Å². The lowest BCUT2D eigenvalue weighted by molar-refractivity contribution is 0.159. The largest absolute Gasteiger partial charge is 0.393 e. The van der Waals surface area contributed by atoms with Gasteiger partial charge in [0.2, 0.25) is 0 Å². The minimum atomic E-state index is -1.16. The molecular formula is C9H21ClOSi. The maximum atomic E-state index is 9.49. The van der Waals surface area contributed by atoms with Crippen LogP contribution in [0.15, 0.2) is 0 Å². The Morgan fingerprint density at radius 3 is 2.33 bits per heavy atom. The smallest absolute Gasteiger partial charge is 0.0640 e. The van der Waals surface area contributed by atoms with Crippen LogP contribution in [0.5, 0.6) is 0 Å². The summed E-state index contributed by atoms with van der Waals surface area (Å²) in [6.45, 7) is 6.66. The van der Waals surface area contributed by atoms with E-state index in [0.717, 1.165) is 30.8 Å². The first kappa shape index (κ1) is 12.5. The lowest BCUT2D eigenvalue weighted by Gasteiger charge is -2.20. The summed E-state index contributed by atoms with van der Waals surface area (Å²) in [6.07, 6.45) is 2.86. The molecule has 0 aliphatic rings. The zero-order chi connectivity index (χ0) is 9.61. The molecule has 0 heterocycles. The summed E-state index contributed by atoms with van der Waals surface area (Å²) >= 11 is 5.83. The number of hydrogen-bond donors (Lipinski definition) is 1. The summed E-state index contributed by atoms with van der Waals surface area (Å²) in [5.41, 5.74) is 0.811. The highest BCUT2D eigenvalue weighted by Crippen LogP contribution is 2.16. The van der Waals surface area contributed by atoms with E-state index in [1.807, 2.05) is 0 Å². The van der Waals surface area contributed by atoms with E-state index in [-0.39, 0.29) is 6.10 Å². The molecule has 0 rings (SSSR count). The van der Waals surface area contributed by atoms with Crippen molar-refractivity contribution in [2.75, 3.05) is 5.50 Å². The molecule has 0 aliphatic heterocycles. The molecule has 1 N–H and O–H groups in total. The van der Waals surface area contributed by atoms with Crippen molar-refractivity contribution in [2.45, 2.75) is 51.4 Å². The first-order chi connectivity index (χ1) is 5.52. The SMILES string of the molecule is CCCC(O)CC[Si](C)(C)CCl. The molecule has 12 heavy (non-hydrogen) atoms. The van der Waals surface area contributed by atoms with Crippen molar-refractivity contribution in [1.29, 1.82) is 0 Å². The molecule has 3 heteroatoms. The zero-order valence-electron chi connectivity index (χ0n) is 8.44. The van der Waals surface area contributed by atoms with Gasteiger partial charge in [0.15, 0.2) is 0 Å². The van der Waals surface area contributed by atoms with E-state index in [9.17, 15) is 5.11 Å². The number of aliphatic hydroxyl groups is 1. The van der Waals surface area contributed by atoms with Crippen molar-refractivity contribution in [2.24, 2.45) is 0 Å². The second kappa shape index (κ2) is 6.00. The number of alkyl halides is 1. The standard InChI is InChI=1S/C9H21ClOSi/c1-4-5-9(11)6-7-12(2,3)8-10/h9,11H,4-8H2,1-3H3. The predicted molar refractivity (Wildman–Crippen MR) is 58.5 cm³/mol. The summed E-state index contributed by atoms with van der Waals surface area (Å²) in [7, 11) is -1.16. The highest BCUT2D eigenvalue weighted by Gasteiger charge is 2.20. The fraction of sp³-hybridized carbons (Fsp3) is 1.00. The normalized spacial score (nSPS) is 14.8. The van der Waals surface area contributed by atoms with Crippen LogP contribution < -0.4 is 0 Å². The third kappa shape index (κ3) is 6.04. The van der Waals surface area contributed by atoms with Crippen LogP contribution in [0, 0.1) is 0 Å². The van der Waals surface area contributed by atoms with E-state index in [1.54, 1.807) is 0 Å². The lowest BCUT2D eigenvalue weighted by atomic mass is 10.2. The van der Waals surface area contributed by atoms with E-state index >= 15 is 0 Å². The maximum Gasteiger partial charge on any atom is 0.0640 e. The van der Waals surface area contributed by atoms with Gasteiger partial charge < -0.3 is 5.11 Å². The molecule has 0 amide bonds. The molecule has 1 unspecified atom stereocenters. The summed E-state index contributed by atoms with van der Waals surface area (Å²) < 4.78 is 0. The second-order valence-electron chi connectivity index (χ2n) is 4.28. The molecule has 0 saturated carbocycles. The highest BCUT2D eigenvalue weighted by atomic mass is 35.5. The van der Waals surface area contributed by atoms with Gasteiger partial charge in [0.1, 0.15) is 0 Å². The molecule has 74 valence electrons. The van der Waals surface area contributed by atoms with Gasteiger partial charge in [-0.05, 0) is 12.8 Å². The van der Waals surface area contributed by atoms with Crippen LogP contribution in [0.2, 0.25) is 19.1 Å². The lowest BCUT2D eigenvalue weighted by Crippen LogP contribution is -2.29. The molecular weight excluding hydrogens is 188 g/mol. The Morgan fingerprint density at radius 1 is 1.33 bits per heavy atom. The van der Waals surface area contributed by atoms with Crippen LogP contribution >= 0.6 is 11.6 Å². The van der Waals surface area contributed by atoms with Crippen molar-refractivity contribution in [3.63, 3.8) is 0 Å². The first-order valence-corrected chi connectivity index (χ1v) is 8.70. The van der Waals surface area contributed by atoms with Gasteiger partial charge in [-0.2, -0.15) is 0 Å². The summed E-state index contributed by atoms with van der Waals surface area (Å²) in [5.74, 6) is 0. The average Bonchev–Trinajstić information content (AvgIpc) is 2.02. The molecule has 0 radical (unpaired) electrons. The van der Waals surface area contributed by atoms with Crippen molar-refractivity contribution in [3.8, 4) is 0 Å². The monoisotopic (exact) mass is 208 g/mol. The second-order valence-corrected chi connectivity index (χ2v) is 10.2. The van der Waals surface area contributed by atoms with Gasteiger partial charge in [0, 0.05) is 5.50 Å². The topological polar surface area (TPSA) is 20.2 Å². The van der Waals surface area contributed by atoms with Crippen LogP contribution in [-0.2, 0) is 0 Å². The highest BCUT2D eigenvalue weighted by molar-refractivity contribution is 6.83. The van der Waals surface area contributed by atoms with Gasteiger partial charge >= 0.3 is 0 Å². The number of hydrogen-bond acceptors (Lipinski definition) is 1. The maximum absolute atomic E-state index is 9.49. The van der Waals surface area contributed by atoms with E-state index in [1.165, 1.54) is 0 Å². The molecule has 0 aromatic heterocycles. The minimum absolute atomic E-state index is 0.0926. The van der Waals surface area contributed by atoms with Crippen molar-refractivity contribution < 1.29 is 5.11 Å². The number of halogens is 1. The van der Waals surface area contributed by atoms with Gasteiger partial charge in [0.05, 0.1) is 14.2 Å². The quantitative estimate of drug-likeness (QED) is 0.526. The van der Waals surface area contributed by atoms with E-state index in [0.29, 0.717) is 0 Å². The molecule has 0 saturated heterocycles. The predicted octanol–water partition coefficient (Wildman–Crippen LogP) is 3.02. The summed E-state index contributed by atoms with van der Waals surface area (Å²) in [5, 5.41) is 9.49. The van der Waals surface area contributed by atoms with Gasteiger partial charge in [-0.15, -0.1) is 11.6 Å². The van der Waals surface area contributed by atoms with Crippen LogP contribution in [0.25, 0.3) is 0 Å².